The summed E-state index contributed by atoms with van der Waals surface area (Å²) in [6.45, 7) is 2.56. The number of pyridine rings is 1. The summed E-state index contributed by atoms with van der Waals surface area (Å²) in [6.07, 6.45) is 5.63. The molecule has 2 aliphatic rings. The predicted octanol–water partition coefficient (Wildman–Crippen LogP) is -2.56. The number of fused-ring (bicyclic) bond motifs is 1. The number of methoxy groups -OCH3 is 1. The highest BCUT2D eigenvalue weighted by atomic mass is 35.5. The largest absolute Gasteiger partial charge is 1.00 e. The Hall–Kier alpha value is -3.41. The number of carbonyl (C=O) groups is 2. The molecule has 12 heteroatoms. The Morgan fingerprint density at radius 3 is 2.79 bits per heavy atom. The van der Waals surface area contributed by atoms with Crippen LogP contribution in [0.4, 0.5) is 0 Å². The van der Waals surface area contributed by atoms with E-state index in [1.165, 1.54) is 0 Å². The van der Waals surface area contributed by atoms with Crippen molar-refractivity contribution in [2.75, 3.05) is 13.7 Å². The highest BCUT2D eigenvalue weighted by Gasteiger charge is 2.38. The molecule has 4 atom stereocenters. The van der Waals surface area contributed by atoms with Crippen LogP contribution in [-0.4, -0.2) is 75.7 Å². The third kappa shape index (κ3) is 6.78. The Morgan fingerprint density at radius 1 is 1.28 bits per heavy atom. The molecule has 2 amide bonds. The lowest BCUT2D eigenvalue weighted by atomic mass is 10.0. The molecule has 1 saturated heterocycles. The zero-order valence-electron chi connectivity index (χ0n) is 22.0. The molecule has 5 N–H and O–H groups in total. The number of hydrogen-bond acceptors (Lipinski definition) is 7. The maximum absolute atomic E-state index is 13.1. The van der Waals surface area contributed by atoms with Gasteiger partial charge in [0.2, 0.25) is 0 Å². The Morgan fingerprint density at radius 2 is 2.10 bits per heavy atom. The van der Waals surface area contributed by atoms with E-state index in [2.05, 4.69) is 15.7 Å². The van der Waals surface area contributed by atoms with Crippen LogP contribution in [0.25, 0.3) is 16.7 Å². The SMILES string of the molecule is CCC[C@H](NC(=O)[C@@H]1C[C@@H](Oc2cc(-n3cccn3)nc3cc(OC)ccc23)C[NH2+]1)[C@H](O)C(=O)NC1CC1.[Cl-]. The van der Waals surface area contributed by atoms with Crippen LogP contribution >= 0.6 is 0 Å². The second kappa shape index (κ2) is 12.6. The fraction of sp³-hybridized carbons (Fsp3) is 0.481. The number of carbonyl (C=O) groups excluding carboxylic acids is 2. The van der Waals surface area contributed by atoms with Crippen molar-refractivity contribution in [3.8, 4) is 17.3 Å². The first-order valence-electron chi connectivity index (χ1n) is 13.2. The van der Waals surface area contributed by atoms with E-state index in [0.717, 1.165) is 24.6 Å². The van der Waals surface area contributed by atoms with Crippen molar-refractivity contribution in [1.82, 2.24) is 25.4 Å². The van der Waals surface area contributed by atoms with Gasteiger partial charge < -0.3 is 42.9 Å². The second-order valence-corrected chi connectivity index (χ2v) is 10.00. The molecule has 3 aromatic rings. The summed E-state index contributed by atoms with van der Waals surface area (Å²) in [5, 5.41) is 23.4. The first kappa shape index (κ1) is 28.6. The van der Waals surface area contributed by atoms with Crippen LogP contribution in [0.1, 0.15) is 39.0 Å². The van der Waals surface area contributed by atoms with Gasteiger partial charge in [0.15, 0.2) is 24.1 Å². The number of ether oxygens (including phenoxy) is 2. The number of benzene rings is 1. The minimum atomic E-state index is -1.27. The third-order valence-corrected chi connectivity index (χ3v) is 7.04. The third-order valence-electron chi connectivity index (χ3n) is 7.04. The summed E-state index contributed by atoms with van der Waals surface area (Å²) >= 11 is 0. The van der Waals surface area contributed by atoms with Crippen molar-refractivity contribution in [2.45, 2.75) is 69.4 Å². The van der Waals surface area contributed by atoms with E-state index >= 15 is 0 Å². The fourth-order valence-electron chi connectivity index (χ4n) is 4.80. The standard InChI is InChI=1S/C27H34N6O5.ClH/c1-3-5-20(25(34)27(36)30-16-6-7-16)32-26(35)22-13-18(15-28-22)38-23-14-24(33-11-4-10-29-33)31-21-12-17(37-2)8-9-19(21)23;/h4,8-12,14,16,18,20,22,25,28,34H,3,5-7,13,15H2,1-2H3,(H,30,36)(H,32,35);1H/t18-,20+,22+,25+;/m1./s1. The summed E-state index contributed by atoms with van der Waals surface area (Å²) < 4.78 is 13.5. The lowest BCUT2D eigenvalue weighted by Crippen LogP contribution is -3.00. The number of aliphatic hydroxyl groups is 1. The number of hydrogen-bond donors (Lipinski definition) is 4. The summed E-state index contributed by atoms with van der Waals surface area (Å²) in [5.41, 5.74) is 0.712. The van der Waals surface area contributed by atoms with Gasteiger partial charge in [-0.15, -0.1) is 0 Å². The number of nitrogens with zero attached hydrogens (tertiary/aromatic N) is 3. The zero-order chi connectivity index (χ0) is 26.6. The van der Waals surface area contributed by atoms with Gasteiger partial charge in [-0.3, -0.25) is 9.59 Å². The minimum Gasteiger partial charge on any atom is -1.00 e. The molecule has 5 rings (SSSR count). The first-order valence-corrected chi connectivity index (χ1v) is 13.2. The Labute approximate surface area is 233 Å². The number of rotatable bonds is 11. The molecule has 3 heterocycles. The van der Waals surface area contributed by atoms with E-state index in [4.69, 9.17) is 14.5 Å². The number of aliphatic hydroxyl groups excluding tert-OH is 1. The van der Waals surface area contributed by atoms with Gasteiger partial charge in [0.25, 0.3) is 11.8 Å². The summed E-state index contributed by atoms with van der Waals surface area (Å²) in [6, 6.07) is 8.44. The van der Waals surface area contributed by atoms with Crippen LogP contribution in [0.5, 0.6) is 11.5 Å². The van der Waals surface area contributed by atoms with Crippen molar-refractivity contribution >= 4 is 22.7 Å². The van der Waals surface area contributed by atoms with Crippen molar-refractivity contribution in [3.05, 3.63) is 42.7 Å². The average Bonchev–Trinajstić information content (AvgIpc) is 3.36. The number of quaternary nitrogens is 1. The monoisotopic (exact) mass is 558 g/mol. The Kier molecular flexibility index (Phi) is 9.26. The van der Waals surface area contributed by atoms with Crippen LogP contribution < -0.4 is 37.8 Å². The van der Waals surface area contributed by atoms with Crippen LogP contribution in [0.3, 0.4) is 0 Å². The fourth-order valence-corrected chi connectivity index (χ4v) is 4.80. The van der Waals surface area contributed by atoms with Gasteiger partial charge in [-0.05, 0) is 37.5 Å². The molecule has 210 valence electrons. The van der Waals surface area contributed by atoms with Crippen LogP contribution in [0, 0.1) is 0 Å². The van der Waals surface area contributed by atoms with E-state index in [9.17, 15) is 14.7 Å². The van der Waals surface area contributed by atoms with Gasteiger partial charge in [-0.1, -0.05) is 13.3 Å². The second-order valence-electron chi connectivity index (χ2n) is 10.00. The molecule has 0 spiro atoms. The van der Waals surface area contributed by atoms with Gasteiger partial charge >= 0.3 is 0 Å². The van der Waals surface area contributed by atoms with Crippen molar-refractivity contribution in [2.24, 2.45) is 0 Å². The van der Waals surface area contributed by atoms with Gasteiger partial charge in [-0.2, -0.15) is 5.10 Å². The topological polar surface area (TPSA) is 144 Å². The molecule has 2 fully saturated rings. The van der Waals surface area contributed by atoms with E-state index in [1.807, 2.05) is 48.8 Å². The highest BCUT2D eigenvalue weighted by molar-refractivity contribution is 5.87. The first-order chi connectivity index (χ1) is 18.4. The van der Waals surface area contributed by atoms with Gasteiger partial charge in [0.1, 0.15) is 18.0 Å². The van der Waals surface area contributed by atoms with Crippen molar-refractivity contribution in [1.29, 1.82) is 0 Å². The Balaban J connectivity index is 0.00000353. The number of nitrogens with one attached hydrogen (secondary N) is 2. The highest BCUT2D eigenvalue weighted by Crippen LogP contribution is 2.31. The molecular formula is C27H35ClN6O5. The molecule has 0 radical (unpaired) electrons. The van der Waals surface area contributed by atoms with Gasteiger partial charge in [0, 0.05) is 36.0 Å². The zero-order valence-corrected chi connectivity index (χ0v) is 22.8. The van der Waals surface area contributed by atoms with Crippen molar-refractivity contribution in [3.63, 3.8) is 0 Å². The van der Waals surface area contributed by atoms with E-state index in [0.29, 0.717) is 42.2 Å². The molecule has 1 aliphatic heterocycles. The molecule has 1 aliphatic carbocycles. The number of aromatic nitrogens is 3. The van der Waals surface area contributed by atoms with Crippen LogP contribution in [-0.2, 0) is 9.59 Å². The molecule has 39 heavy (non-hydrogen) atoms. The molecule has 2 aromatic heterocycles. The quantitative estimate of drug-likeness (QED) is 0.203. The van der Waals surface area contributed by atoms with E-state index < -0.39 is 18.1 Å². The van der Waals surface area contributed by atoms with E-state index in [-0.39, 0.29) is 36.5 Å². The van der Waals surface area contributed by atoms with Gasteiger partial charge in [-0.25, -0.2) is 9.67 Å². The number of nitrogens with two attached hydrogens (primary N) is 1. The lowest BCUT2D eigenvalue weighted by molar-refractivity contribution is -0.659. The Bertz CT molecular complexity index is 1290. The summed E-state index contributed by atoms with van der Waals surface area (Å²) in [5.74, 6) is 1.34. The van der Waals surface area contributed by atoms with Crippen LogP contribution in [0.2, 0.25) is 0 Å². The molecular weight excluding hydrogens is 524 g/mol. The van der Waals surface area contributed by atoms with Crippen LogP contribution in [0.15, 0.2) is 42.7 Å². The normalized spacial score (nSPS) is 20.1. The minimum absolute atomic E-state index is 0. The molecule has 1 saturated carbocycles. The summed E-state index contributed by atoms with van der Waals surface area (Å²) in [7, 11) is 1.61. The molecule has 11 nitrogen and oxygen atoms in total. The number of amides is 2. The smallest absolute Gasteiger partial charge is 0.278 e. The maximum atomic E-state index is 13.1. The maximum Gasteiger partial charge on any atom is 0.278 e. The molecule has 0 bridgehead atoms. The average molecular weight is 559 g/mol. The van der Waals surface area contributed by atoms with E-state index in [1.54, 1.807) is 18.0 Å². The van der Waals surface area contributed by atoms with Gasteiger partial charge in [0.05, 0.1) is 25.1 Å². The predicted molar refractivity (Wildman–Crippen MR) is 139 cm³/mol. The summed E-state index contributed by atoms with van der Waals surface area (Å²) in [4.78, 5) is 30.2. The van der Waals surface area contributed by atoms with Crippen molar-refractivity contribution < 1.29 is 41.9 Å². The lowest BCUT2D eigenvalue weighted by Gasteiger charge is -2.24. The number of halogens is 1. The molecule has 0 unspecified atom stereocenters. The molecule has 1 aromatic carbocycles.